The van der Waals surface area contributed by atoms with Crippen LogP contribution in [0.3, 0.4) is 0 Å². The number of nitrogens with zero attached hydrogens (tertiary/aromatic N) is 1. The Labute approximate surface area is 102 Å². The van der Waals surface area contributed by atoms with Crippen LogP contribution >= 0.6 is 0 Å². The van der Waals surface area contributed by atoms with Gasteiger partial charge < -0.3 is 16.3 Å². The first-order valence-electron chi connectivity index (χ1n) is 6.39. The Kier molecular flexibility index (Phi) is 4.78. The van der Waals surface area contributed by atoms with Crippen LogP contribution in [0.2, 0.25) is 0 Å². The van der Waals surface area contributed by atoms with Gasteiger partial charge >= 0.3 is 0 Å². The highest BCUT2D eigenvalue weighted by Crippen LogP contribution is 2.28. The molecule has 0 atom stereocenters. The Balaban J connectivity index is 2.79. The normalized spacial score (nSPS) is 18.4. The van der Waals surface area contributed by atoms with E-state index in [0.29, 0.717) is 12.8 Å². The van der Waals surface area contributed by atoms with E-state index in [1.807, 2.05) is 13.8 Å². The van der Waals surface area contributed by atoms with Crippen molar-refractivity contribution in [1.29, 1.82) is 0 Å². The number of nitrogens with one attached hydrogen (secondary N) is 1. The zero-order valence-electron chi connectivity index (χ0n) is 10.7. The van der Waals surface area contributed by atoms with Crippen LogP contribution in [-0.4, -0.2) is 23.0 Å². The first kappa shape index (κ1) is 13.8. The predicted octanol–water partition coefficient (Wildman–Crippen LogP) is 1.60. The minimum Gasteiger partial charge on any atom is -0.409 e. The van der Waals surface area contributed by atoms with E-state index >= 15 is 0 Å². The highest BCUT2D eigenvalue weighted by atomic mass is 16.4. The molecule has 17 heavy (non-hydrogen) atoms. The molecule has 98 valence electrons. The molecule has 0 bridgehead atoms. The molecular formula is C12H23N3O2. The number of carbonyl (C=O) groups is 1. The number of amides is 1. The number of oxime groups is 1. The Hall–Kier alpha value is -1.26. The molecule has 0 saturated heterocycles. The number of rotatable bonds is 5. The smallest absolute Gasteiger partial charge is 0.234 e. The van der Waals surface area contributed by atoms with E-state index in [1.54, 1.807) is 0 Å². The molecule has 5 heteroatoms. The quantitative estimate of drug-likeness (QED) is 0.296. The number of nitrogens with two attached hydrogens (primary N) is 1. The van der Waals surface area contributed by atoms with Gasteiger partial charge in [0.1, 0.15) is 5.41 Å². The fraction of sp³-hybridized carbons (Fsp3) is 0.833. The fourth-order valence-electron chi connectivity index (χ4n) is 2.54. The van der Waals surface area contributed by atoms with Gasteiger partial charge in [-0.1, -0.05) is 31.8 Å². The van der Waals surface area contributed by atoms with E-state index in [1.165, 1.54) is 12.8 Å². The van der Waals surface area contributed by atoms with Crippen molar-refractivity contribution in [2.24, 2.45) is 16.3 Å². The average Bonchev–Trinajstić information content (AvgIpc) is 2.83. The number of hydrogen-bond donors (Lipinski definition) is 3. The molecule has 0 spiro atoms. The zero-order valence-corrected chi connectivity index (χ0v) is 10.7. The standard InChI is InChI=1S/C12H23N3O2/c1-3-12(4-2,10(13)15-17)11(16)14-9-7-5-6-8-9/h9,17H,3-8H2,1-2H3,(H2,13,15)(H,14,16). The maximum atomic E-state index is 12.3. The topological polar surface area (TPSA) is 87.7 Å². The summed E-state index contributed by atoms with van der Waals surface area (Å²) in [5, 5.41) is 14.9. The third-order valence-electron chi connectivity index (χ3n) is 3.93. The van der Waals surface area contributed by atoms with Crippen LogP contribution in [-0.2, 0) is 4.79 Å². The Morgan fingerprint density at radius 2 is 1.94 bits per heavy atom. The van der Waals surface area contributed by atoms with Crippen molar-refractivity contribution >= 4 is 11.7 Å². The molecular weight excluding hydrogens is 218 g/mol. The van der Waals surface area contributed by atoms with E-state index in [9.17, 15) is 4.79 Å². The van der Waals surface area contributed by atoms with Gasteiger partial charge in [0.25, 0.3) is 0 Å². The Bertz CT molecular complexity index is 292. The van der Waals surface area contributed by atoms with E-state index < -0.39 is 5.41 Å². The van der Waals surface area contributed by atoms with Gasteiger partial charge in [-0.05, 0) is 25.7 Å². The van der Waals surface area contributed by atoms with Crippen LogP contribution in [0.5, 0.6) is 0 Å². The third-order valence-corrected chi connectivity index (χ3v) is 3.93. The molecule has 5 nitrogen and oxygen atoms in total. The molecule has 0 radical (unpaired) electrons. The lowest BCUT2D eigenvalue weighted by molar-refractivity contribution is -0.128. The number of hydrogen-bond acceptors (Lipinski definition) is 3. The summed E-state index contributed by atoms with van der Waals surface area (Å²) in [6, 6.07) is 0.256. The van der Waals surface area contributed by atoms with Gasteiger partial charge in [-0.2, -0.15) is 0 Å². The van der Waals surface area contributed by atoms with Crippen molar-refractivity contribution in [3.63, 3.8) is 0 Å². The number of carbonyl (C=O) groups excluding carboxylic acids is 1. The van der Waals surface area contributed by atoms with E-state index in [0.717, 1.165) is 12.8 Å². The van der Waals surface area contributed by atoms with Crippen molar-refractivity contribution < 1.29 is 10.0 Å². The lowest BCUT2D eigenvalue weighted by atomic mass is 9.80. The second-order valence-electron chi connectivity index (χ2n) is 4.73. The molecule has 0 heterocycles. The molecule has 0 aromatic rings. The highest BCUT2D eigenvalue weighted by Gasteiger charge is 2.40. The second-order valence-corrected chi connectivity index (χ2v) is 4.73. The molecule has 4 N–H and O–H groups in total. The van der Waals surface area contributed by atoms with Crippen molar-refractivity contribution in [1.82, 2.24) is 5.32 Å². The van der Waals surface area contributed by atoms with Gasteiger partial charge in [0.15, 0.2) is 5.84 Å². The molecule has 1 amide bonds. The molecule has 1 aliphatic rings. The molecule has 1 aliphatic carbocycles. The SMILES string of the molecule is CCC(CC)(C(=O)NC1CCCC1)C(N)=NO. The lowest BCUT2D eigenvalue weighted by Gasteiger charge is -2.30. The molecule has 1 rings (SSSR count). The zero-order chi connectivity index (χ0) is 12.9. The lowest BCUT2D eigenvalue weighted by Crippen LogP contribution is -2.51. The summed E-state index contributed by atoms with van der Waals surface area (Å²) in [6.45, 7) is 3.77. The van der Waals surface area contributed by atoms with Crippen LogP contribution in [0.4, 0.5) is 0 Å². The van der Waals surface area contributed by atoms with Crippen LogP contribution in [0.15, 0.2) is 5.16 Å². The molecule has 0 unspecified atom stereocenters. The molecule has 1 fully saturated rings. The number of amidine groups is 1. The van der Waals surface area contributed by atoms with Crippen LogP contribution in [0.1, 0.15) is 52.4 Å². The summed E-state index contributed by atoms with van der Waals surface area (Å²) in [4.78, 5) is 12.3. The maximum absolute atomic E-state index is 12.3. The Morgan fingerprint density at radius 3 is 2.35 bits per heavy atom. The first-order chi connectivity index (χ1) is 8.10. The van der Waals surface area contributed by atoms with Gasteiger partial charge in [0, 0.05) is 6.04 Å². The fourth-order valence-corrected chi connectivity index (χ4v) is 2.54. The van der Waals surface area contributed by atoms with Crippen molar-refractivity contribution in [2.75, 3.05) is 0 Å². The minimum absolute atomic E-state index is 0.0120. The highest BCUT2D eigenvalue weighted by molar-refractivity contribution is 6.06. The predicted molar refractivity (Wildman–Crippen MR) is 66.8 cm³/mol. The average molecular weight is 241 g/mol. The van der Waals surface area contributed by atoms with Crippen LogP contribution in [0.25, 0.3) is 0 Å². The van der Waals surface area contributed by atoms with E-state index in [2.05, 4.69) is 10.5 Å². The van der Waals surface area contributed by atoms with Crippen molar-refractivity contribution in [2.45, 2.75) is 58.4 Å². The van der Waals surface area contributed by atoms with Gasteiger partial charge in [0.05, 0.1) is 0 Å². The van der Waals surface area contributed by atoms with Gasteiger partial charge in [0.2, 0.25) is 5.91 Å². The van der Waals surface area contributed by atoms with Gasteiger partial charge in [-0.25, -0.2) is 0 Å². The van der Waals surface area contributed by atoms with Crippen molar-refractivity contribution in [3.8, 4) is 0 Å². The molecule has 0 aromatic heterocycles. The monoisotopic (exact) mass is 241 g/mol. The molecule has 0 aromatic carbocycles. The van der Waals surface area contributed by atoms with E-state index in [-0.39, 0.29) is 17.8 Å². The Morgan fingerprint density at radius 1 is 1.41 bits per heavy atom. The summed E-state index contributed by atoms with van der Waals surface area (Å²) in [5.41, 5.74) is 4.82. The largest absolute Gasteiger partial charge is 0.409 e. The summed E-state index contributed by atoms with van der Waals surface area (Å²) in [6.07, 6.45) is 5.48. The van der Waals surface area contributed by atoms with Gasteiger partial charge in [-0.15, -0.1) is 0 Å². The minimum atomic E-state index is -0.864. The maximum Gasteiger partial charge on any atom is 0.234 e. The van der Waals surface area contributed by atoms with Gasteiger partial charge in [-0.3, -0.25) is 4.79 Å². The second kappa shape index (κ2) is 5.89. The van der Waals surface area contributed by atoms with Crippen molar-refractivity contribution in [3.05, 3.63) is 0 Å². The first-order valence-corrected chi connectivity index (χ1v) is 6.39. The molecule has 1 saturated carbocycles. The van der Waals surface area contributed by atoms with Crippen LogP contribution in [0, 0.1) is 5.41 Å². The third kappa shape index (κ3) is 2.70. The summed E-state index contributed by atoms with van der Waals surface area (Å²) in [7, 11) is 0. The summed E-state index contributed by atoms with van der Waals surface area (Å²) in [5.74, 6) is -0.0947. The van der Waals surface area contributed by atoms with E-state index in [4.69, 9.17) is 10.9 Å². The summed E-state index contributed by atoms with van der Waals surface area (Å²) >= 11 is 0. The molecule has 0 aliphatic heterocycles. The summed E-state index contributed by atoms with van der Waals surface area (Å²) < 4.78 is 0. The van der Waals surface area contributed by atoms with Crippen LogP contribution < -0.4 is 11.1 Å².